The average Bonchev–Trinajstić information content (AvgIpc) is 2.47. The van der Waals surface area contributed by atoms with Gasteiger partial charge in [-0.1, -0.05) is 23.8 Å². The van der Waals surface area contributed by atoms with Crippen LogP contribution in [0.15, 0.2) is 36.4 Å². The van der Waals surface area contributed by atoms with Crippen LogP contribution in [-0.2, 0) is 22.3 Å². The summed E-state index contributed by atoms with van der Waals surface area (Å²) in [6, 6.07) is 11.4. The summed E-state index contributed by atoms with van der Waals surface area (Å²) in [6.07, 6.45) is 0. The normalized spacial score (nSPS) is 12.0. The highest BCUT2D eigenvalue weighted by Gasteiger charge is 2.10. The molecule has 0 radical (unpaired) electrons. The molecule has 0 unspecified atom stereocenters. The molecule has 0 amide bonds. The molecule has 0 saturated carbocycles. The van der Waals surface area contributed by atoms with Gasteiger partial charge in [-0.25, -0.2) is 4.98 Å². The van der Waals surface area contributed by atoms with Crippen LogP contribution >= 0.6 is 0 Å². The van der Waals surface area contributed by atoms with Gasteiger partial charge in [0.05, 0.1) is 31.4 Å². The largest absolute Gasteiger partial charge is 0.496 e. The van der Waals surface area contributed by atoms with Crippen molar-refractivity contribution in [2.45, 2.75) is 18.4 Å². The van der Waals surface area contributed by atoms with E-state index in [1.807, 2.05) is 37.3 Å². The van der Waals surface area contributed by atoms with Crippen molar-refractivity contribution in [3.05, 3.63) is 53.2 Å². The van der Waals surface area contributed by atoms with Gasteiger partial charge in [0.15, 0.2) is 0 Å². The van der Waals surface area contributed by atoms with Crippen molar-refractivity contribution in [2.75, 3.05) is 14.2 Å². The lowest BCUT2D eigenvalue weighted by Crippen LogP contribution is -2.03. The zero-order valence-electron chi connectivity index (χ0n) is 12.5. The van der Waals surface area contributed by atoms with Crippen LogP contribution in [0.25, 0.3) is 0 Å². The van der Waals surface area contributed by atoms with Crippen LogP contribution in [-0.4, -0.2) is 23.4 Å². The molecule has 0 saturated heterocycles. The molecule has 1 heterocycles. The van der Waals surface area contributed by atoms with Gasteiger partial charge in [0, 0.05) is 22.4 Å². The SMILES string of the molecule is COc1cccc(C[S@](=O)Cc2cc(C)ccc2OC)n1. The van der Waals surface area contributed by atoms with Crippen LogP contribution in [0.2, 0.25) is 0 Å². The molecule has 1 aromatic carbocycles. The molecule has 0 spiro atoms. The van der Waals surface area contributed by atoms with Crippen LogP contribution in [0, 0.1) is 6.92 Å². The Morgan fingerprint density at radius 3 is 2.62 bits per heavy atom. The maximum Gasteiger partial charge on any atom is 0.213 e. The molecule has 2 aromatic rings. The van der Waals surface area contributed by atoms with Crippen molar-refractivity contribution < 1.29 is 13.7 Å². The van der Waals surface area contributed by atoms with E-state index in [0.29, 0.717) is 17.4 Å². The molecule has 0 aliphatic rings. The number of methoxy groups -OCH3 is 2. The van der Waals surface area contributed by atoms with Gasteiger partial charge in [-0.2, -0.15) is 0 Å². The standard InChI is InChI=1S/C16H19NO3S/c1-12-7-8-15(19-2)13(9-12)10-21(18)11-14-5-4-6-16(17-14)20-3/h4-9H,10-11H2,1-3H3/t21-/m1/s1. The minimum absolute atomic E-state index is 0.397. The molecule has 5 heteroatoms. The van der Waals surface area contributed by atoms with E-state index in [-0.39, 0.29) is 0 Å². The van der Waals surface area contributed by atoms with Crippen LogP contribution in [0.5, 0.6) is 11.6 Å². The second-order valence-corrected chi connectivity index (χ2v) is 6.17. The second kappa shape index (κ2) is 7.22. The summed E-state index contributed by atoms with van der Waals surface area (Å²) in [5.74, 6) is 2.16. The van der Waals surface area contributed by atoms with Gasteiger partial charge in [0.2, 0.25) is 5.88 Å². The first kappa shape index (κ1) is 15.5. The van der Waals surface area contributed by atoms with E-state index >= 15 is 0 Å². The number of hydrogen-bond donors (Lipinski definition) is 0. The highest BCUT2D eigenvalue weighted by molar-refractivity contribution is 7.83. The molecule has 0 N–H and O–H groups in total. The zero-order valence-corrected chi connectivity index (χ0v) is 13.3. The van der Waals surface area contributed by atoms with Gasteiger partial charge < -0.3 is 9.47 Å². The lowest BCUT2D eigenvalue weighted by atomic mass is 10.1. The minimum atomic E-state index is -1.05. The maximum atomic E-state index is 12.3. The Hall–Kier alpha value is -1.88. The van der Waals surface area contributed by atoms with Gasteiger partial charge in [-0.05, 0) is 19.1 Å². The van der Waals surface area contributed by atoms with Crippen LogP contribution in [0.3, 0.4) is 0 Å². The lowest BCUT2D eigenvalue weighted by molar-refractivity contribution is 0.397. The van der Waals surface area contributed by atoms with Gasteiger partial charge in [0.1, 0.15) is 5.75 Å². The van der Waals surface area contributed by atoms with Crippen LogP contribution < -0.4 is 9.47 Å². The Bertz CT molecular complexity index is 643. The predicted molar refractivity (Wildman–Crippen MR) is 84.1 cm³/mol. The van der Waals surface area contributed by atoms with Gasteiger partial charge in [0.25, 0.3) is 0 Å². The summed E-state index contributed by atoms with van der Waals surface area (Å²) in [6.45, 7) is 2.01. The lowest BCUT2D eigenvalue weighted by Gasteiger charge is -2.09. The molecule has 0 bridgehead atoms. The molecule has 21 heavy (non-hydrogen) atoms. The molecular formula is C16H19NO3S. The molecule has 0 aliphatic heterocycles. The summed E-state index contributed by atoms with van der Waals surface area (Å²) >= 11 is 0. The average molecular weight is 305 g/mol. The van der Waals surface area contributed by atoms with E-state index in [1.54, 1.807) is 20.3 Å². The number of aromatic nitrogens is 1. The zero-order chi connectivity index (χ0) is 15.2. The third-order valence-corrected chi connectivity index (χ3v) is 4.30. The molecule has 2 rings (SSSR count). The number of pyridine rings is 1. The molecule has 112 valence electrons. The number of hydrogen-bond acceptors (Lipinski definition) is 4. The molecule has 0 aliphatic carbocycles. The Labute approximate surface area is 127 Å². The minimum Gasteiger partial charge on any atom is -0.496 e. The van der Waals surface area contributed by atoms with Gasteiger partial charge >= 0.3 is 0 Å². The Balaban J connectivity index is 2.09. The van der Waals surface area contributed by atoms with Crippen molar-refractivity contribution in [1.29, 1.82) is 0 Å². The van der Waals surface area contributed by atoms with Gasteiger partial charge in [-0.3, -0.25) is 4.21 Å². The topological polar surface area (TPSA) is 48.4 Å². The van der Waals surface area contributed by atoms with E-state index < -0.39 is 10.8 Å². The number of benzene rings is 1. The summed E-state index contributed by atoms with van der Waals surface area (Å²) < 4.78 is 22.7. The number of nitrogens with zero attached hydrogens (tertiary/aromatic N) is 1. The van der Waals surface area contributed by atoms with Crippen LogP contribution in [0.4, 0.5) is 0 Å². The van der Waals surface area contributed by atoms with Crippen molar-refractivity contribution in [1.82, 2.24) is 4.98 Å². The summed E-state index contributed by atoms with van der Waals surface area (Å²) in [4.78, 5) is 4.29. The summed E-state index contributed by atoms with van der Waals surface area (Å²) in [5, 5.41) is 0. The molecular weight excluding hydrogens is 286 g/mol. The molecule has 0 fully saturated rings. The molecule has 1 aromatic heterocycles. The molecule has 1 atom stereocenters. The third-order valence-electron chi connectivity index (χ3n) is 3.05. The van der Waals surface area contributed by atoms with E-state index in [0.717, 1.165) is 22.6 Å². The second-order valence-electron chi connectivity index (χ2n) is 4.72. The first-order valence-corrected chi connectivity index (χ1v) is 8.09. The fraction of sp³-hybridized carbons (Fsp3) is 0.312. The van der Waals surface area contributed by atoms with Crippen molar-refractivity contribution in [3.63, 3.8) is 0 Å². The maximum absolute atomic E-state index is 12.3. The van der Waals surface area contributed by atoms with Crippen molar-refractivity contribution >= 4 is 10.8 Å². The van der Waals surface area contributed by atoms with E-state index in [2.05, 4.69) is 4.98 Å². The monoisotopic (exact) mass is 305 g/mol. The first-order valence-electron chi connectivity index (χ1n) is 6.61. The van der Waals surface area contributed by atoms with E-state index in [4.69, 9.17) is 9.47 Å². The van der Waals surface area contributed by atoms with Crippen molar-refractivity contribution in [3.8, 4) is 11.6 Å². The predicted octanol–water partition coefficient (Wildman–Crippen LogP) is 2.86. The Morgan fingerprint density at radius 2 is 1.90 bits per heavy atom. The highest BCUT2D eigenvalue weighted by Crippen LogP contribution is 2.22. The van der Waals surface area contributed by atoms with Crippen molar-refractivity contribution in [2.24, 2.45) is 0 Å². The number of rotatable bonds is 6. The Kier molecular flexibility index (Phi) is 5.33. The fourth-order valence-corrected chi connectivity index (χ4v) is 3.23. The quantitative estimate of drug-likeness (QED) is 0.823. The Morgan fingerprint density at radius 1 is 1.10 bits per heavy atom. The molecule has 4 nitrogen and oxygen atoms in total. The van der Waals surface area contributed by atoms with Crippen LogP contribution in [0.1, 0.15) is 16.8 Å². The highest BCUT2D eigenvalue weighted by atomic mass is 32.2. The van der Waals surface area contributed by atoms with E-state index in [1.165, 1.54) is 0 Å². The number of ether oxygens (including phenoxy) is 2. The summed E-state index contributed by atoms with van der Waals surface area (Å²) in [7, 11) is 2.15. The van der Waals surface area contributed by atoms with Gasteiger partial charge in [-0.15, -0.1) is 0 Å². The third kappa shape index (κ3) is 4.29. The fourth-order valence-electron chi connectivity index (χ4n) is 2.06. The smallest absolute Gasteiger partial charge is 0.213 e. The summed E-state index contributed by atoms with van der Waals surface area (Å²) in [5.41, 5.74) is 2.85. The number of aryl methyl sites for hydroxylation is 1. The first-order chi connectivity index (χ1) is 10.1. The van der Waals surface area contributed by atoms with E-state index in [9.17, 15) is 4.21 Å².